The van der Waals surface area contributed by atoms with Crippen LogP contribution < -0.4 is 0 Å². The molecule has 2 amide bonds. The molecule has 0 N–H and O–H groups in total. The van der Waals surface area contributed by atoms with Crippen molar-refractivity contribution in [3.63, 3.8) is 0 Å². The molecule has 2 fully saturated rings. The maximum atomic E-state index is 12.8. The van der Waals surface area contributed by atoms with Crippen LogP contribution in [0, 0.1) is 5.92 Å². The quantitative estimate of drug-likeness (QED) is 0.582. The molecule has 0 bridgehead atoms. The number of rotatable bonds is 8. The van der Waals surface area contributed by atoms with Crippen molar-refractivity contribution >= 4 is 11.8 Å². The molecule has 1 aliphatic carbocycles. The second-order valence-corrected chi connectivity index (χ2v) is 10.1. The van der Waals surface area contributed by atoms with Gasteiger partial charge in [0.15, 0.2) is 0 Å². The molecule has 5 nitrogen and oxygen atoms in total. The van der Waals surface area contributed by atoms with E-state index in [4.69, 9.17) is 0 Å². The molecule has 2 atom stereocenters. The van der Waals surface area contributed by atoms with Crippen LogP contribution in [0.25, 0.3) is 0 Å². The van der Waals surface area contributed by atoms with Crippen molar-refractivity contribution in [3.8, 4) is 0 Å². The molecule has 0 radical (unpaired) electrons. The lowest BCUT2D eigenvalue weighted by Gasteiger charge is -2.38. The number of hydrogen-bond acceptors (Lipinski definition) is 3. The molecule has 5 heteroatoms. The number of amides is 2. The zero-order valence-electron chi connectivity index (χ0n) is 20.7. The number of benzene rings is 2. The minimum atomic E-state index is 0.132. The van der Waals surface area contributed by atoms with E-state index in [0.717, 1.165) is 57.3 Å². The third-order valence-corrected chi connectivity index (χ3v) is 7.89. The summed E-state index contributed by atoms with van der Waals surface area (Å²) in [5, 5.41) is 0. The van der Waals surface area contributed by atoms with Crippen molar-refractivity contribution < 1.29 is 9.59 Å². The highest BCUT2D eigenvalue weighted by Crippen LogP contribution is 2.31. The number of aryl methyl sites for hydroxylation is 1. The zero-order chi connectivity index (χ0) is 23.9. The van der Waals surface area contributed by atoms with E-state index in [1.165, 1.54) is 12.0 Å². The molecule has 182 valence electrons. The minimum absolute atomic E-state index is 0.132. The lowest BCUT2D eigenvalue weighted by molar-refractivity contribution is -0.132. The zero-order valence-corrected chi connectivity index (χ0v) is 20.7. The molecule has 2 aromatic carbocycles. The normalized spacial score (nSPS) is 21.4. The van der Waals surface area contributed by atoms with Gasteiger partial charge in [0.1, 0.15) is 0 Å². The maximum absolute atomic E-state index is 12.8. The highest BCUT2D eigenvalue weighted by Gasteiger charge is 2.32. The SMILES string of the molecule is CN(C(=O)CCc1ccccc1)C1CCN(CC2CCC(N(C)C(=O)c3ccccc3)C2)CC1. The number of carbonyl (C=O) groups is 2. The van der Waals surface area contributed by atoms with E-state index in [0.29, 0.717) is 24.4 Å². The fraction of sp³-hybridized carbons (Fsp3) is 0.517. The fourth-order valence-electron chi connectivity index (χ4n) is 5.65. The predicted octanol–water partition coefficient (Wildman–Crippen LogP) is 4.48. The highest BCUT2D eigenvalue weighted by molar-refractivity contribution is 5.94. The first-order chi connectivity index (χ1) is 16.5. The van der Waals surface area contributed by atoms with Crippen LogP contribution in [0.3, 0.4) is 0 Å². The van der Waals surface area contributed by atoms with Gasteiger partial charge in [-0.05, 0) is 62.1 Å². The third-order valence-electron chi connectivity index (χ3n) is 7.89. The first-order valence-electron chi connectivity index (χ1n) is 12.9. The lowest BCUT2D eigenvalue weighted by Crippen LogP contribution is -2.46. The van der Waals surface area contributed by atoms with Crippen LogP contribution in [0.5, 0.6) is 0 Å². The number of likely N-dealkylation sites (tertiary alicyclic amines) is 1. The molecule has 34 heavy (non-hydrogen) atoms. The molecule has 1 saturated heterocycles. The van der Waals surface area contributed by atoms with Crippen LogP contribution in [0.1, 0.15) is 54.4 Å². The molecule has 1 saturated carbocycles. The Hall–Kier alpha value is -2.66. The van der Waals surface area contributed by atoms with E-state index in [9.17, 15) is 9.59 Å². The van der Waals surface area contributed by atoms with Crippen molar-refractivity contribution in [2.24, 2.45) is 5.92 Å². The van der Waals surface area contributed by atoms with Crippen LogP contribution >= 0.6 is 0 Å². The maximum Gasteiger partial charge on any atom is 0.253 e. The van der Waals surface area contributed by atoms with Gasteiger partial charge in [0.05, 0.1) is 0 Å². The lowest BCUT2D eigenvalue weighted by atomic mass is 10.00. The fourth-order valence-corrected chi connectivity index (χ4v) is 5.65. The van der Waals surface area contributed by atoms with Crippen LogP contribution in [0.15, 0.2) is 60.7 Å². The van der Waals surface area contributed by atoms with E-state index in [-0.39, 0.29) is 11.8 Å². The molecule has 2 aliphatic rings. The van der Waals surface area contributed by atoms with Gasteiger partial charge in [0.25, 0.3) is 5.91 Å². The van der Waals surface area contributed by atoms with E-state index >= 15 is 0 Å². The van der Waals surface area contributed by atoms with Gasteiger partial charge < -0.3 is 14.7 Å². The molecule has 1 heterocycles. The summed E-state index contributed by atoms with van der Waals surface area (Å²) in [6.45, 7) is 3.23. The Morgan fingerprint density at radius 1 is 0.824 bits per heavy atom. The van der Waals surface area contributed by atoms with Gasteiger partial charge in [-0.3, -0.25) is 9.59 Å². The highest BCUT2D eigenvalue weighted by atomic mass is 16.2. The summed E-state index contributed by atoms with van der Waals surface area (Å²) in [6.07, 6.45) is 6.87. The Bertz CT molecular complexity index is 925. The molecule has 1 aliphatic heterocycles. The summed E-state index contributed by atoms with van der Waals surface area (Å²) in [5.41, 5.74) is 2.00. The average Bonchev–Trinajstić information content (AvgIpc) is 3.36. The summed E-state index contributed by atoms with van der Waals surface area (Å²) >= 11 is 0. The molecule has 0 aromatic heterocycles. The van der Waals surface area contributed by atoms with Gasteiger partial charge in [0, 0.05) is 57.8 Å². The summed E-state index contributed by atoms with van der Waals surface area (Å²) in [4.78, 5) is 32.0. The number of piperidine rings is 1. The van der Waals surface area contributed by atoms with Crippen molar-refractivity contribution in [2.75, 3.05) is 33.7 Å². The van der Waals surface area contributed by atoms with Gasteiger partial charge >= 0.3 is 0 Å². The molecule has 4 rings (SSSR count). The van der Waals surface area contributed by atoms with E-state index in [1.807, 2.05) is 72.4 Å². The number of hydrogen-bond donors (Lipinski definition) is 0. The van der Waals surface area contributed by atoms with E-state index in [2.05, 4.69) is 17.0 Å². The molecule has 2 aromatic rings. The van der Waals surface area contributed by atoms with Crippen LogP contribution in [0.4, 0.5) is 0 Å². The summed E-state index contributed by atoms with van der Waals surface area (Å²) in [6, 6.07) is 20.6. The first-order valence-corrected chi connectivity index (χ1v) is 12.9. The summed E-state index contributed by atoms with van der Waals surface area (Å²) < 4.78 is 0. The minimum Gasteiger partial charge on any atom is -0.343 e. The topological polar surface area (TPSA) is 43.9 Å². The molecular weight excluding hydrogens is 422 g/mol. The number of nitrogens with zero attached hydrogens (tertiary/aromatic N) is 3. The molecule has 0 spiro atoms. The summed E-state index contributed by atoms with van der Waals surface area (Å²) in [7, 11) is 3.94. The second-order valence-electron chi connectivity index (χ2n) is 10.1. The largest absolute Gasteiger partial charge is 0.343 e. The Morgan fingerprint density at radius 3 is 2.15 bits per heavy atom. The van der Waals surface area contributed by atoms with Crippen molar-refractivity contribution in [1.29, 1.82) is 0 Å². The summed E-state index contributed by atoms with van der Waals surface area (Å²) in [5.74, 6) is 1.04. The van der Waals surface area contributed by atoms with Crippen molar-refractivity contribution in [2.45, 2.75) is 57.0 Å². The standard InChI is InChI=1S/C29H39N3O2/c1-30(28(33)16-14-23-9-5-3-6-10-23)26-17-19-32(20-18-26)22-24-13-15-27(21-24)31(2)29(34)25-11-7-4-8-12-25/h3-12,24,26-27H,13-22H2,1-2H3. The monoisotopic (exact) mass is 461 g/mol. The van der Waals surface area contributed by atoms with Gasteiger partial charge in [-0.15, -0.1) is 0 Å². The van der Waals surface area contributed by atoms with Gasteiger partial charge in [-0.2, -0.15) is 0 Å². The Morgan fingerprint density at radius 2 is 1.47 bits per heavy atom. The Labute approximate surface area is 204 Å². The van der Waals surface area contributed by atoms with Gasteiger partial charge in [0.2, 0.25) is 5.91 Å². The van der Waals surface area contributed by atoms with Crippen molar-refractivity contribution in [3.05, 3.63) is 71.8 Å². The van der Waals surface area contributed by atoms with Gasteiger partial charge in [-0.1, -0.05) is 48.5 Å². The average molecular weight is 462 g/mol. The number of carbonyl (C=O) groups excluding carboxylic acids is 2. The predicted molar refractivity (Wildman–Crippen MR) is 137 cm³/mol. The molecular formula is C29H39N3O2. The van der Waals surface area contributed by atoms with E-state index < -0.39 is 0 Å². The third kappa shape index (κ3) is 6.26. The second kappa shape index (κ2) is 11.7. The smallest absolute Gasteiger partial charge is 0.253 e. The van der Waals surface area contributed by atoms with Crippen LogP contribution in [-0.2, 0) is 11.2 Å². The van der Waals surface area contributed by atoms with Crippen LogP contribution in [0.2, 0.25) is 0 Å². The first kappa shape index (κ1) is 24.5. The Kier molecular flexibility index (Phi) is 8.39. The molecule has 2 unspecified atom stereocenters. The van der Waals surface area contributed by atoms with Crippen LogP contribution in [-0.4, -0.2) is 72.3 Å². The van der Waals surface area contributed by atoms with Crippen molar-refractivity contribution in [1.82, 2.24) is 14.7 Å². The van der Waals surface area contributed by atoms with Gasteiger partial charge in [-0.25, -0.2) is 0 Å². The Balaban J connectivity index is 1.18. The van der Waals surface area contributed by atoms with E-state index in [1.54, 1.807) is 0 Å².